The number of aliphatic hydroxyl groups excluding tert-OH is 3. The van der Waals surface area contributed by atoms with Crippen LogP contribution in [0.2, 0.25) is 0 Å². The molecule has 0 bridgehead atoms. The number of hydrogen-bond donors (Lipinski definition) is 9. The molecule has 0 spiro atoms. The van der Waals surface area contributed by atoms with Crippen LogP contribution in [0.5, 0.6) is 11.5 Å². The number of carboxylic acids is 4. The van der Waals surface area contributed by atoms with Crippen LogP contribution < -0.4 is 20.1 Å². The molecule has 8 atom stereocenters. The summed E-state index contributed by atoms with van der Waals surface area (Å²) in [5.74, 6) is -7.57. The number of carboxylic acid groups (broad SMARTS) is 4. The Hall–Kier alpha value is -4.75. The summed E-state index contributed by atoms with van der Waals surface area (Å²) >= 11 is 0. The number of phenols is 1. The summed E-state index contributed by atoms with van der Waals surface area (Å²) in [4.78, 5) is 57.5. The van der Waals surface area contributed by atoms with Crippen molar-refractivity contribution in [1.82, 2.24) is 5.32 Å². The number of allylic oxidation sites excluding steroid dienone is 1. The minimum absolute atomic E-state index is 0.0623. The zero-order valence-electron chi connectivity index (χ0n) is 23.2. The topological polar surface area (TPSA) is 294 Å². The predicted octanol–water partition coefficient (Wildman–Crippen LogP) is -4.87. The van der Waals surface area contributed by atoms with Gasteiger partial charge in [0.2, 0.25) is 6.29 Å². The molecule has 3 aliphatic heterocycles. The Morgan fingerprint density at radius 1 is 1.04 bits per heavy atom. The van der Waals surface area contributed by atoms with Crippen LogP contribution in [0.25, 0.3) is 0 Å². The third-order valence-corrected chi connectivity index (χ3v) is 7.49. The van der Waals surface area contributed by atoms with Gasteiger partial charge in [0, 0.05) is 24.5 Å². The summed E-state index contributed by atoms with van der Waals surface area (Å²) in [6.07, 6.45) is -7.15. The molecule has 9 N–H and O–H groups in total. The van der Waals surface area contributed by atoms with Crippen molar-refractivity contribution in [2.24, 2.45) is 0 Å². The molecule has 0 aliphatic carbocycles. The van der Waals surface area contributed by atoms with Crippen LogP contribution >= 0.6 is 0 Å². The number of carbonyl (C=O) groups is 5. The monoisotopic (exact) mass is 638 g/mol. The summed E-state index contributed by atoms with van der Waals surface area (Å²) in [6.45, 7) is -0.770. The maximum absolute atomic E-state index is 12.0. The van der Waals surface area contributed by atoms with Crippen LogP contribution in [-0.4, -0.2) is 122 Å². The summed E-state index contributed by atoms with van der Waals surface area (Å²) < 4.78 is 15.7. The molecule has 244 valence electrons. The van der Waals surface area contributed by atoms with E-state index in [1.54, 1.807) is 0 Å². The van der Waals surface area contributed by atoms with Crippen molar-refractivity contribution >= 4 is 35.5 Å². The first-order valence-electron chi connectivity index (χ1n) is 13.5. The molecule has 0 saturated carbocycles. The fourth-order valence-corrected chi connectivity index (χ4v) is 5.22. The zero-order chi connectivity index (χ0) is 33.2. The molecule has 0 amide bonds. The fourth-order valence-electron chi connectivity index (χ4n) is 5.22. The fraction of sp³-hybridized carbons (Fsp3) is 0.444. The van der Waals surface area contributed by atoms with Crippen LogP contribution in [0.3, 0.4) is 0 Å². The molecular weight excluding hydrogens is 608 g/mol. The van der Waals surface area contributed by atoms with Crippen LogP contribution in [0.1, 0.15) is 18.4 Å². The molecular formula is C27H30N2O16. The van der Waals surface area contributed by atoms with Crippen LogP contribution in [0.4, 0.5) is 5.69 Å². The van der Waals surface area contributed by atoms with Gasteiger partial charge in [-0.25, -0.2) is 9.59 Å². The van der Waals surface area contributed by atoms with Gasteiger partial charge >= 0.3 is 23.9 Å². The third-order valence-electron chi connectivity index (χ3n) is 7.49. The number of carbonyl (C=O) groups excluding carboxylic acids is 2. The molecule has 1 unspecified atom stereocenters. The SMILES string of the molecule is O=C(O)CC(=O)OC[C@H]1O[C@@H](Oc2cc3c(cc2O)[NH+](CC=C2C=C(C(=O)O)N[C@H](C(=O)O)C2)[C@H](C(=O)[O-])C3)[C@H](O)[C@@H](O)[C@@H]1O. The Labute approximate surface area is 253 Å². The van der Waals surface area contributed by atoms with Gasteiger partial charge in [0.05, 0.1) is 0 Å². The molecule has 3 heterocycles. The highest BCUT2D eigenvalue weighted by atomic mass is 16.7. The van der Waals surface area contributed by atoms with Crippen molar-refractivity contribution in [3.8, 4) is 11.5 Å². The largest absolute Gasteiger partial charge is 0.544 e. The zero-order valence-corrected chi connectivity index (χ0v) is 23.2. The highest BCUT2D eigenvalue weighted by Crippen LogP contribution is 2.36. The predicted molar refractivity (Wildman–Crippen MR) is 140 cm³/mol. The van der Waals surface area contributed by atoms with E-state index < -0.39 is 91.4 Å². The van der Waals surface area contributed by atoms with E-state index in [-0.39, 0.29) is 35.7 Å². The van der Waals surface area contributed by atoms with Gasteiger partial charge < -0.3 is 65.2 Å². The second kappa shape index (κ2) is 13.5. The van der Waals surface area contributed by atoms with E-state index in [0.29, 0.717) is 16.8 Å². The Morgan fingerprint density at radius 3 is 2.38 bits per heavy atom. The number of rotatable bonds is 11. The molecule has 1 fully saturated rings. The highest BCUT2D eigenvalue weighted by Gasteiger charge is 2.46. The van der Waals surface area contributed by atoms with Crippen molar-refractivity contribution in [3.63, 3.8) is 0 Å². The van der Waals surface area contributed by atoms with Gasteiger partial charge in [-0.2, -0.15) is 0 Å². The van der Waals surface area contributed by atoms with Crippen molar-refractivity contribution in [3.05, 3.63) is 41.1 Å². The number of nitrogens with one attached hydrogen (secondary N) is 2. The second-order valence-corrected chi connectivity index (χ2v) is 10.5. The van der Waals surface area contributed by atoms with Crippen molar-refractivity contribution in [2.75, 3.05) is 13.2 Å². The molecule has 4 rings (SSSR count). The van der Waals surface area contributed by atoms with Gasteiger partial charge in [-0.05, 0) is 23.8 Å². The Balaban J connectivity index is 1.54. The van der Waals surface area contributed by atoms with Crippen LogP contribution in [0.15, 0.2) is 35.6 Å². The van der Waals surface area contributed by atoms with Gasteiger partial charge in [0.15, 0.2) is 11.5 Å². The average Bonchev–Trinajstić information content (AvgIpc) is 3.32. The summed E-state index contributed by atoms with van der Waals surface area (Å²) in [6, 6.07) is 0.0598. The van der Waals surface area contributed by atoms with Gasteiger partial charge in [0.25, 0.3) is 0 Å². The number of ether oxygens (including phenoxy) is 3. The van der Waals surface area contributed by atoms with Gasteiger partial charge in [-0.15, -0.1) is 0 Å². The van der Waals surface area contributed by atoms with Crippen molar-refractivity contribution in [2.45, 2.75) is 62.1 Å². The summed E-state index contributed by atoms with van der Waals surface area (Å²) in [7, 11) is 0. The molecule has 0 radical (unpaired) electrons. The second-order valence-electron chi connectivity index (χ2n) is 10.5. The Kier molecular flexibility index (Phi) is 9.94. The third kappa shape index (κ3) is 7.49. The van der Waals surface area contributed by atoms with Crippen molar-refractivity contribution < 1.29 is 83.9 Å². The molecule has 0 aromatic heterocycles. The first kappa shape index (κ1) is 33.1. The number of aliphatic hydroxyl groups is 3. The maximum Gasteiger partial charge on any atom is 0.351 e. The number of aliphatic carboxylic acids is 4. The molecule has 1 saturated heterocycles. The molecule has 1 aromatic carbocycles. The number of quaternary nitrogens is 1. The number of fused-ring (bicyclic) bond motifs is 1. The number of phenolic OH excluding ortho intramolecular Hbond substituents is 1. The summed E-state index contributed by atoms with van der Waals surface area (Å²) in [5.41, 5.74) is 0.651. The van der Waals surface area contributed by atoms with E-state index >= 15 is 0 Å². The number of aromatic hydroxyl groups is 1. The number of hydrogen-bond acceptors (Lipinski definition) is 14. The van der Waals surface area contributed by atoms with Gasteiger partial charge in [-0.3, -0.25) is 14.5 Å². The normalized spacial score (nSPS) is 30.0. The summed E-state index contributed by atoms with van der Waals surface area (Å²) in [5, 5.41) is 83.4. The van der Waals surface area contributed by atoms with E-state index in [9.17, 15) is 59.7 Å². The molecule has 18 nitrogen and oxygen atoms in total. The minimum atomic E-state index is -1.87. The first-order chi connectivity index (χ1) is 21.2. The van der Waals surface area contributed by atoms with E-state index in [0.717, 1.165) is 0 Å². The van der Waals surface area contributed by atoms with Gasteiger partial charge in [-0.1, -0.05) is 0 Å². The van der Waals surface area contributed by atoms with Crippen LogP contribution in [-0.2, 0) is 39.9 Å². The van der Waals surface area contributed by atoms with E-state index in [1.165, 1.54) is 24.3 Å². The van der Waals surface area contributed by atoms with E-state index in [1.807, 2.05) is 0 Å². The molecule has 3 aliphatic rings. The highest BCUT2D eigenvalue weighted by molar-refractivity contribution is 5.90. The lowest BCUT2D eigenvalue weighted by atomic mass is 9.99. The van der Waals surface area contributed by atoms with Gasteiger partial charge in [0.1, 0.15) is 73.4 Å². The van der Waals surface area contributed by atoms with Crippen LogP contribution in [0, 0.1) is 0 Å². The molecule has 1 aromatic rings. The van der Waals surface area contributed by atoms with E-state index in [2.05, 4.69) is 5.32 Å². The maximum atomic E-state index is 12.0. The first-order valence-corrected chi connectivity index (χ1v) is 13.5. The average molecular weight is 639 g/mol. The molecule has 45 heavy (non-hydrogen) atoms. The number of benzene rings is 1. The standard InChI is InChI=1S/C27H30N2O16/c30-16-7-14-11(5-15(26(41)42)29(14)2-1-10-3-12(24(37)38)28-13(4-10)25(39)40)6-17(16)44-27-23(36)22(35)21(34)18(45-27)9-43-20(33)8-19(31)32/h1,3,6-7,13,15,18,21-23,27-28,30,34-36H,2,4-5,8-9H2,(H,31,32)(H,37,38)(H,39,40)(H,41,42)/t13-,15-,18+,21+,22-,23+,27+/m0/s1. The lowest BCUT2D eigenvalue weighted by molar-refractivity contribution is -0.840. The lowest BCUT2D eigenvalue weighted by Crippen LogP contribution is -3.11. The van der Waals surface area contributed by atoms with Crippen molar-refractivity contribution in [1.29, 1.82) is 0 Å². The quantitative estimate of drug-likeness (QED) is 0.0811. The molecule has 18 heteroatoms. The smallest absolute Gasteiger partial charge is 0.351 e. The number of esters is 1. The Morgan fingerprint density at radius 2 is 1.76 bits per heavy atom. The van der Waals surface area contributed by atoms with E-state index in [4.69, 9.17) is 19.3 Å². The Bertz CT molecular complexity index is 1440. The minimum Gasteiger partial charge on any atom is -0.544 e. The lowest BCUT2D eigenvalue weighted by Gasteiger charge is -2.39.